The van der Waals surface area contributed by atoms with Crippen LogP contribution in [-0.2, 0) is 9.59 Å². The number of piperidine rings is 1. The van der Waals surface area contributed by atoms with E-state index in [0.717, 1.165) is 19.3 Å². The smallest absolute Gasteiger partial charge is 0.326 e. The van der Waals surface area contributed by atoms with Crippen LogP contribution in [0.25, 0.3) is 0 Å². The maximum absolute atomic E-state index is 12.7. The number of rotatable bonds is 4. The van der Waals surface area contributed by atoms with Crippen molar-refractivity contribution in [2.75, 3.05) is 26.2 Å². The van der Waals surface area contributed by atoms with Crippen molar-refractivity contribution in [2.24, 2.45) is 11.8 Å². The third kappa shape index (κ3) is 4.36. The van der Waals surface area contributed by atoms with E-state index in [4.69, 9.17) is 0 Å². The van der Waals surface area contributed by atoms with Gasteiger partial charge in [0, 0.05) is 26.2 Å². The summed E-state index contributed by atoms with van der Waals surface area (Å²) >= 11 is 0. The van der Waals surface area contributed by atoms with E-state index in [-0.39, 0.29) is 17.9 Å². The normalized spacial score (nSPS) is 24.8. The van der Waals surface area contributed by atoms with Gasteiger partial charge in [0.2, 0.25) is 5.91 Å². The van der Waals surface area contributed by atoms with Crippen LogP contribution >= 0.6 is 0 Å². The lowest BCUT2D eigenvalue weighted by Gasteiger charge is -2.35. The molecule has 7 heteroatoms. The molecule has 2 N–H and O–H groups in total. The third-order valence-corrected chi connectivity index (χ3v) is 4.54. The van der Waals surface area contributed by atoms with Gasteiger partial charge in [-0.3, -0.25) is 4.79 Å². The molecule has 2 aliphatic rings. The highest BCUT2D eigenvalue weighted by Gasteiger charge is 2.38. The van der Waals surface area contributed by atoms with E-state index in [0.29, 0.717) is 38.5 Å². The Labute approximate surface area is 137 Å². The molecule has 23 heavy (non-hydrogen) atoms. The molecular weight excluding hydrogens is 298 g/mol. The number of hydrogen-bond donors (Lipinski definition) is 2. The first-order valence-corrected chi connectivity index (χ1v) is 8.46. The number of nitrogens with one attached hydrogen (secondary N) is 1. The van der Waals surface area contributed by atoms with Gasteiger partial charge in [-0.05, 0) is 31.6 Å². The average molecular weight is 325 g/mol. The highest BCUT2D eigenvalue weighted by molar-refractivity contribution is 5.86. The lowest BCUT2D eigenvalue weighted by Crippen LogP contribution is -2.51. The van der Waals surface area contributed by atoms with Gasteiger partial charge in [-0.2, -0.15) is 0 Å². The number of hydrogen-bond acceptors (Lipinski definition) is 3. The molecule has 130 valence electrons. The number of nitrogens with zero attached hydrogens (tertiary/aromatic N) is 2. The van der Waals surface area contributed by atoms with Crippen LogP contribution in [0.4, 0.5) is 4.79 Å². The van der Waals surface area contributed by atoms with E-state index >= 15 is 0 Å². The summed E-state index contributed by atoms with van der Waals surface area (Å²) in [7, 11) is 0. The molecule has 0 spiro atoms. The molecule has 0 aliphatic carbocycles. The first-order chi connectivity index (χ1) is 10.9. The van der Waals surface area contributed by atoms with E-state index in [1.54, 1.807) is 4.90 Å². The van der Waals surface area contributed by atoms with Crippen LogP contribution in [0.3, 0.4) is 0 Å². The third-order valence-electron chi connectivity index (χ3n) is 4.54. The summed E-state index contributed by atoms with van der Waals surface area (Å²) in [5.74, 6) is -0.954. The Hall–Kier alpha value is -1.79. The number of urea groups is 1. The second kappa shape index (κ2) is 7.66. The van der Waals surface area contributed by atoms with Crippen molar-refractivity contribution in [3.63, 3.8) is 0 Å². The summed E-state index contributed by atoms with van der Waals surface area (Å²) in [6.07, 6.45) is 2.74. The molecule has 2 atom stereocenters. The van der Waals surface area contributed by atoms with Crippen LogP contribution in [0.5, 0.6) is 0 Å². The molecule has 2 saturated heterocycles. The maximum Gasteiger partial charge on any atom is 0.326 e. The monoisotopic (exact) mass is 325 g/mol. The fourth-order valence-electron chi connectivity index (χ4n) is 3.29. The van der Waals surface area contributed by atoms with Gasteiger partial charge in [-0.1, -0.05) is 13.8 Å². The van der Waals surface area contributed by atoms with Crippen LogP contribution in [0.2, 0.25) is 0 Å². The molecule has 0 radical (unpaired) electrons. The van der Waals surface area contributed by atoms with Crippen LogP contribution in [0.1, 0.15) is 39.5 Å². The Bertz CT molecular complexity index is 466. The Morgan fingerprint density at radius 3 is 2.52 bits per heavy atom. The largest absolute Gasteiger partial charge is 0.480 e. The Balaban J connectivity index is 1.93. The molecule has 0 bridgehead atoms. The molecule has 0 aromatic carbocycles. The van der Waals surface area contributed by atoms with Crippen molar-refractivity contribution >= 4 is 17.9 Å². The van der Waals surface area contributed by atoms with E-state index in [1.165, 1.54) is 4.90 Å². The maximum atomic E-state index is 12.7. The van der Waals surface area contributed by atoms with E-state index in [9.17, 15) is 19.5 Å². The Morgan fingerprint density at radius 1 is 1.17 bits per heavy atom. The van der Waals surface area contributed by atoms with Gasteiger partial charge >= 0.3 is 12.0 Å². The van der Waals surface area contributed by atoms with E-state index in [2.05, 4.69) is 5.32 Å². The number of carboxylic acids is 1. The number of carbonyl (C=O) groups excluding carboxylic acids is 2. The van der Waals surface area contributed by atoms with Crippen molar-refractivity contribution in [2.45, 2.75) is 45.6 Å². The summed E-state index contributed by atoms with van der Waals surface area (Å²) < 4.78 is 0. The summed E-state index contributed by atoms with van der Waals surface area (Å²) in [4.78, 5) is 39.2. The Morgan fingerprint density at radius 2 is 1.87 bits per heavy atom. The predicted molar refractivity (Wildman–Crippen MR) is 84.9 cm³/mol. The zero-order valence-electron chi connectivity index (χ0n) is 14.0. The number of carboxylic acid groups (broad SMARTS) is 1. The molecule has 2 heterocycles. The number of likely N-dealkylation sites (tertiary alicyclic amines) is 2. The molecule has 0 aromatic rings. The quantitative estimate of drug-likeness (QED) is 0.811. The van der Waals surface area contributed by atoms with E-state index in [1.807, 2.05) is 13.8 Å². The van der Waals surface area contributed by atoms with Gasteiger partial charge in [0.1, 0.15) is 6.04 Å². The topological polar surface area (TPSA) is 90.0 Å². The van der Waals surface area contributed by atoms with Crippen molar-refractivity contribution < 1.29 is 19.5 Å². The molecule has 7 nitrogen and oxygen atoms in total. The predicted octanol–water partition coefficient (Wildman–Crippen LogP) is 1.14. The second-order valence-electron chi connectivity index (χ2n) is 6.89. The standard InChI is InChI=1S/C16H27N3O4/c1-11(2)9-17-16(23)18-7-3-5-12(10-18)14(20)19-8-4-6-13(19)15(21)22/h11-13H,3-10H2,1-2H3,(H,17,23)(H,21,22). The first kappa shape index (κ1) is 17.6. The fraction of sp³-hybridized carbons (Fsp3) is 0.812. The Kier molecular flexibility index (Phi) is 5.85. The highest BCUT2D eigenvalue weighted by atomic mass is 16.4. The summed E-state index contributed by atoms with van der Waals surface area (Å²) in [5.41, 5.74) is 0. The molecule has 0 aromatic heterocycles. The van der Waals surface area contributed by atoms with Crippen molar-refractivity contribution in [3.8, 4) is 0 Å². The average Bonchev–Trinajstić information content (AvgIpc) is 3.01. The summed E-state index contributed by atoms with van der Waals surface area (Å²) in [5, 5.41) is 12.1. The molecule has 2 fully saturated rings. The molecule has 0 saturated carbocycles. The zero-order chi connectivity index (χ0) is 17.0. The lowest BCUT2D eigenvalue weighted by atomic mass is 9.96. The van der Waals surface area contributed by atoms with Gasteiger partial charge in [0.25, 0.3) is 0 Å². The fourth-order valence-corrected chi connectivity index (χ4v) is 3.29. The van der Waals surface area contributed by atoms with Gasteiger partial charge in [0.15, 0.2) is 0 Å². The molecule has 3 amide bonds. The van der Waals surface area contributed by atoms with Crippen LogP contribution in [0.15, 0.2) is 0 Å². The summed E-state index contributed by atoms with van der Waals surface area (Å²) in [6, 6.07) is -0.833. The summed E-state index contributed by atoms with van der Waals surface area (Å²) in [6.45, 7) is 6.21. The zero-order valence-corrected chi connectivity index (χ0v) is 14.0. The molecule has 2 aliphatic heterocycles. The van der Waals surface area contributed by atoms with Gasteiger partial charge in [-0.25, -0.2) is 9.59 Å². The molecular formula is C16H27N3O4. The SMILES string of the molecule is CC(C)CNC(=O)N1CCCC(C(=O)N2CCCC2C(=O)O)C1. The van der Waals surface area contributed by atoms with Crippen molar-refractivity contribution in [3.05, 3.63) is 0 Å². The minimum absolute atomic E-state index is 0.115. The number of amides is 3. The van der Waals surface area contributed by atoms with Gasteiger partial charge in [-0.15, -0.1) is 0 Å². The van der Waals surface area contributed by atoms with Crippen LogP contribution in [0, 0.1) is 11.8 Å². The van der Waals surface area contributed by atoms with Crippen molar-refractivity contribution in [1.29, 1.82) is 0 Å². The number of aliphatic carboxylic acids is 1. The van der Waals surface area contributed by atoms with Crippen LogP contribution in [-0.4, -0.2) is 65.0 Å². The molecule has 2 rings (SSSR count). The number of carbonyl (C=O) groups is 3. The second-order valence-corrected chi connectivity index (χ2v) is 6.89. The highest BCUT2D eigenvalue weighted by Crippen LogP contribution is 2.24. The van der Waals surface area contributed by atoms with Gasteiger partial charge < -0.3 is 20.2 Å². The minimum Gasteiger partial charge on any atom is -0.480 e. The first-order valence-electron chi connectivity index (χ1n) is 8.46. The van der Waals surface area contributed by atoms with Gasteiger partial charge in [0.05, 0.1) is 5.92 Å². The lowest BCUT2D eigenvalue weighted by molar-refractivity contribution is -0.150. The minimum atomic E-state index is -0.932. The molecule has 2 unspecified atom stereocenters. The van der Waals surface area contributed by atoms with Crippen LogP contribution < -0.4 is 5.32 Å². The van der Waals surface area contributed by atoms with Crippen molar-refractivity contribution in [1.82, 2.24) is 15.1 Å². The van der Waals surface area contributed by atoms with E-state index < -0.39 is 12.0 Å².